The van der Waals surface area contributed by atoms with Crippen LogP contribution >= 0.6 is 0 Å². The van der Waals surface area contributed by atoms with Crippen LogP contribution in [0.2, 0.25) is 0 Å². The molecule has 1 amide bonds. The fourth-order valence-corrected chi connectivity index (χ4v) is 4.42. The van der Waals surface area contributed by atoms with Crippen LogP contribution in [0.5, 0.6) is 0 Å². The zero-order valence-corrected chi connectivity index (χ0v) is 12.8. The molecule has 0 spiro atoms. The van der Waals surface area contributed by atoms with Crippen molar-refractivity contribution in [2.75, 3.05) is 19.4 Å². The van der Waals surface area contributed by atoms with Gasteiger partial charge < -0.3 is 10.4 Å². The molecule has 1 unspecified atom stereocenters. The third-order valence-corrected chi connectivity index (χ3v) is 5.72. The lowest BCUT2D eigenvalue weighted by molar-refractivity contribution is -0.127. The molecule has 7 heteroatoms. The number of sulfonamides is 1. The van der Waals surface area contributed by atoms with Crippen molar-refractivity contribution in [3.8, 4) is 0 Å². The maximum atomic E-state index is 12.4. The molecule has 2 rings (SSSR count). The molecule has 1 heterocycles. The number of aliphatic hydroxyl groups is 1. The fraction of sp³-hybridized carbons (Fsp3) is 0.923. The van der Waals surface area contributed by atoms with Crippen LogP contribution < -0.4 is 5.32 Å². The standard InChI is InChI=1S/C13H24N2O4S/c1-20(18,19)15-9-5-6-11(15)12(17)14-13(10-16)7-3-2-4-8-13/h11,16H,2-10H2,1H3,(H,14,17). The van der Waals surface area contributed by atoms with Gasteiger partial charge in [-0.1, -0.05) is 19.3 Å². The lowest BCUT2D eigenvalue weighted by Gasteiger charge is -2.37. The van der Waals surface area contributed by atoms with Gasteiger partial charge in [0.15, 0.2) is 0 Å². The van der Waals surface area contributed by atoms with E-state index in [0.29, 0.717) is 19.4 Å². The Morgan fingerprint density at radius 2 is 1.95 bits per heavy atom. The molecule has 0 aromatic rings. The molecular formula is C13H24N2O4S. The summed E-state index contributed by atoms with van der Waals surface area (Å²) in [5.74, 6) is -0.260. The largest absolute Gasteiger partial charge is 0.394 e. The Morgan fingerprint density at radius 1 is 1.30 bits per heavy atom. The number of rotatable bonds is 4. The van der Waals surface area contributed by atoms with E-state index in [4.69, 9.17) is 0 Å². The highest BCUT2D eigenvalue weighted by Crippen LogP contribution is 2.29. The first kappa shape index (κ1) is 15.7. The van der Waals surface area contributed by atoms with Crippen molar-refractivity contribution in [2.45, 2.75) is 56.5 Å². The topological polar surface area (TPSA) is 86.7 Å². The summed E-state index contributed by atoms with van der Waals surface area (Å²) in [5, 5.41) is 12.5. The van der Waals surface area contributed by atoms with Gasteiger partial charge in [0.05, 0.1) is 18.4 Å². The van der Waals surface area contributed by atoms with E-state index < -0.39 is 21.6 Å². The predicted molar refractivity (Wildman–Crippen MR) is 75.6 cm³/mol. The Labute approximate surface area is 120 Å². The molecule has 1 saturated heterocycles. The van der Waals surface area contributed by atoms with Crippen molar-refractivity contribution in [2.24, 2.45) is 0 Å². The number of carbonyl (C=O) groups is 1. The first-order valence-electron chi connectivity index (χ1n) is 7.28. The van der Waals surface area contributed by atoms with Crippen LogP contribution in [0.4, 0.5) is 0 Å². The van der Waals surface area contributed by atoms with Gasteiger partial charge in [-0.15, -0.1) is 0 Å². The number of carbonyl (C=O) groups excluding carboxylic acids is 1. The summed E-state index contributed by atoms with van der Waals surface area (Å²) in [6.07, 6.45) is 7.03. The van der Waals surface area contributed by atoms with Gasteiger partial charge in [0.2, 0.25) is 15.9 Å². The van der Waals surface area contributed by atoms with Crippen molar-refractivity contribution in [1.82, 2.24) is 9.62 Å². The van der Waals surface area contributed by atoms with E-state index >= 15 is 0 Å². The summed E-state index contributed by atoms with van der Waals surface area (Å²) in [7, 11) is -3.35. The highest BCUT2D eigenvalue weighted by Gasteiger charge is 2.40. The molecule has 0 bridgehead atoms. The van der Waals surface area contributed by atoms with E-state index in [1.807, 2.05) is 0 Å². The van der Waals surface area contributed by atoms with Gasteiger partial charge in [-0.3, -0.25) is 4.79 Å². The second-order valence-electron chi connectivity index (χ2n) is 6.02. The molecule has 116 valence electrons. The van der Waals surface area contributed by atoms with Crippen LogP contribution in [0.1, 0.15) is 44.9 Å². The van der Waals surface area contributed by atoms with Crippen LogP contribution in [0, 0.1) is 0 Å². The van der Waals surface area contributed by atoms with Gasteiger partial charge in [0.1, 0.15) is 6.04 Å². The first-order valence-corrected chi connectivity index (χ1v) is 9.12. The van der Waals surface area contributed by atoms with Gasteiger partial charge in [0, 0.05) is 6.54 Å². The number of aliphatic hydroxyl groups excluding tert-OH is 1. The number of nitrogens with one attached hydrogen (secondary N) is 1. The van der Waals surface area contributed by atoms with Crippen LogP contribution in [0.15, 0.2) is 0 Å². The normalized spacial score (nSPS) is 27.4. The SMILES string of the molecule is CS(=O)(=O)N1CCCC1C(=O)NC1(CO)CCCCC1. The Morgan fingerprint density at radius 3 is 2.50 bits per heavy atom. The second-order valence-corrected chi connectivity index (χ2v) is 7.96. The molecule has 2 aliphatic rings. The molecule has 1 aliphatic heterocycles. The summed E-state index contributed by atoms with van der Waals surface area (Å²) in [6.45, 7) is 0.327. The Kier molecular flexibility index (Phi) is 4.71. The van der Waals surface area contributed by atoms with E-state index in [2.05, 4.69) is 5.32 Å². The molecule has 20 heavy (non-hydrogen) atoms. The van der Waals surface area contributed by atoms with Crippen molar-refractivity contribution in [3.05, 3.63) is 0 Å². The summed E-state index contributed by atoms with van der Waals surface area (Å²) < 4.78 is 24.6. The molecule has 2 fully saturated rings. The van der Waals surface area contributed by atoms with Gasteiger partial charge in [-0.25, -0.2) is 8.42 Å². The number of hydrogen-bond acceptors (Lipinski definition) is 4. The quantitative estimate of drug-likeness (QED) is 0.778. The highest BCUT2D eigenvalue weighted by atomic mass is 32.2. The molecule has 1 atom stereocenters. The lowest BCUT2D eigenvalue weighted by Crippen LogP contribution is -2.57. The molecule has 0 aromatic heterocycles. The van der Waals surface area contributed by atoms with Crippen molar-refractivity contribution in [3.63, 3.8) is 0 Å². The van der Waals surface area contributed by atoms with Crippen LogP contribution in [0.25, 0.3) is 0 Å². The molecule has 6 nitrogen and oxygen atoms in total. The zero-order chi connectivity index (χ0) is 14.8. The molecule has 1 aliphatic carbocycles. The van der Waals surface area contributed by atoms with E-state index in [1.165, 1.54) is 4.31 Å². The predicted octanol–water partition coefficient (Wildman–Crippen LogP) is 0.222. The molecule has 0 aromatic carbocycles. The Hall–Kier alpha value is -0.660. The van der Waals surface area contributed by atoms with Crippen LogP contribution in [-0.2, 0) is 14.8 Å². The van der Waals surface area contributed by atoms with E-state index in [0.717, 1.165) is 38.4 Å². The summed E-state index contributed by atoms with van der Waals surface area (Å²) in [6, 6.07) is -0.615. The summed E-state index contributed by atoms with van der Waals surface area (Å²) >= 11 is 0. The zero-order valence-electron chi connectivity index (χ0n) is 12.0. The maximum absolute atomic E-state index is 12.4. The van der Waals surface area contributed by atoms with Crippen molar-refractivity contribution < 1.29 is 18.3 Å². The first-order chi connectivity index (χ1) is 9.38. The molecule has 2 N–H and O–H groups in total. The maximum Gasteiger partial charge on any atom is 0.238 e. The second kappa shape index (κ2) is 5.99. The van der Waals surface area contributed by atoms with Crippen LogP contribution in [-0.4, -0.2) is 54.7 Å². The van der Waals surface area contributed by atoms with E-state index in [1.54, 1.807) is 0 Å². The summed E-state index contributed by atoms with van der Waals surface area (Å²) in [4.78, 5) is 12.4. The number of amides is 1. The smallest absolute Gasteiger partial charge is 0.238 e. The minimum atomic E-state index is -3.35. The molecule has 1 saturated carbocycles. The average molecular weight is 304 g/mol. The summed E-state index contributed by atoms with van der Waals surface area (Å²) in [5.41, 5.74) is -0.554. The number of nitrogens with zero attached hydrogens (tertiary/aromatic N) is 1. The third kappa shape index (κ3) is 3.32. The van der Waals surface area contributed by atoms with E-state index in [-0.39, 0.29) is 12.5 Å². The average Bonchev–Trinajstić information content (AvgIpc) is 2.89. The molecule has 0 radical (unpaired) electrons. The monoisotopic (exact) mass is 304 g/mol. The minimum absolute atomic E-state index is 0.0790. The van der Waals surface area contributed by atoms with Gasteiger partial charge in [-0.2, -0.15) is 4.31 Å². The van der Waals surface area contributed by atoms with Gasteiger partial charge >= 0.3 is 0 Å². The Balaban J connectivity index is 2.07. The van der Waals surface area contributed by atoms with Gasteiger partial charge in [-0.05, 0) is 25.7 Å². The minimum Gasteiger partial charge on any atom is -0.394 e. The Bertz CT molecular complexity index is 457. The lowest BCUT2D eigenvalue weighted by atomic mass is 9.82. The van der Waals surface area contributed by atoms with Crippen molar-refractivity contribution >= 4 is 15.9 Å². The van der Waals surface area contributed by atoms with Crippen molar-refractivity contribution in [1.29, 1.82) is 0 Å². The third-order valence-electron chi connectivity index (χ3n) is 4.43. The fourth-order valence-electron chi connectivity index (χ4n) is 3.29. The number of hydrogen-bond donors (Lipinski definition) is 2. The molecular weight excluding hydrogens is 280 g/mol. The van der Waals surface area contributed by atoms with E-state index in [9.17, 15) is 18.3 Å². The van der Waals surface area contributed by atoms with Gasteiger partial charge in [0.25, 0.3) is 0 Å². The van der Waals surface area contributed by atoms with Crippen LogP contribution in [0.3, 0.4) is 0 Å². The highest BCUT2D eigenvalue weighted by molar-refractivity contribution is 7.88.